The molecular weight excluding hydrogens is 226 g/mol. The van der Waals surface area contributed by atoms with Crippen LogP contribution in [0.25, 0.3) is 0 Å². The molecule has 2 unspecified atom stereocenters. The Labute approximate surface area is 109 Å². The minimum absolute atomic E-state index is 0.321. The molecule has 2 rings (SSSR count). The third-order valence-corrected chi connectivity index (χ3v) is 3.72. The third kappa shape index (κ3) is 2.70. The molecular formula is C14H23N3O. The number of rotatable bonds is 3. The van der Waals surface area contributed by atoms with E-state index in [1.807, 2.05) is 0 Å². The highest BCUT2D eigenvalue weighted by Gasteiger charge is 2.21. The first-order valence-electron chi connectivity index (χ1n) is 6.76. The largest absolute Gasteiger partial charge is 0.381 e. The molecule has 4 nitrogen and oxygen atoms in total. The molecule has 2 atom stereocenters. The van der Waals surface area contributed by atoms with Gasteiger partial charge in [0, 0.05) is 23.9 Å². The number of hydrogen-bond donors (Lipinski definition) is 1. The van der Waals surface area contributed by atoms with Crippen LogP contribution in [-0.4, -0.2) is 29.7 Å². The van der Waals surface area contributed by atoms with E-state index in [0.29, 0.717) is 18.4 Å². The maximum atomic E-state index is 5.75. The number of nitrogens with zero attached hydrogens (tertiary/aromatic N) is 2. The normalized spacial score (nSPS) is 21.9. The van der Waals surface area contributed by atoms with Crippen LogP contribution in [0.2, 0.25) is 0 Å². The van der Waals surface area contributed by atoms with Crippen molar-refractivity contribution in [1.29, 1.82) is 0 Å². The van der Waals surface area contributed by atoms with Gasteiger partial charge in [-0.1, -0.05) is 6.92 Å². The lowest BCUT2D eigenvalue weighted by atomic mass is 9.96. The zero-order valence-electron chi connectivity index (χ0n) is 11.6. The summed E-state index contributed by atoms with van der Waals surface area (Å²) in [6.07, 6.45) is 2.23. The standard InChI is InChI=1S/C14H23N3O/c1-9(7-15)13-10(2)16-14(17-11(13)3)12-5-4-6-18-8-12/h9,12H,4-8,15H2,1-3H3. The van der Waals surface area contributed by atoms with E-state index in [9.17, 15) is 0 Å². The second kappa shape index (κ2) is 5.76. The van der Waals surface area contributed by atoms with Gasteiger partial charge < -0.3 is 10.5 Å². The van der Waals surface area contributed by atoms with Gasteiger partial charge in [-0.25, -0.2) is 9.97 Å². The molecule has 18 heavy (non-hydrogen) atoms. The molecule has 0 aromatic carbocycles. The van der Waals surface area contributed by atoms with E-state index in [0.717, 1.165) is 43.3 Å². The fourth-order valence-electron chi connectivity index (χ4n) is 2.71. The van der Waals surface area contributed by atoms with E-state index in [4.69, 9.17) is 10.5 Å². The minimum Gasteiger partial charge on any atom is -0.381 e. The second-order valence-electron chi connectivity index (χ2n) is 5.22. The van der Waals surface area contributed by atoms with Crippen molar-refractivity contribution in [2.75, 3.05) is 19.8 Å². The zero-order chi connectivity index (χ0) is 13.1. The smallest absolute Gasteiger partial charge is 0.134 e. The Morgan fingerprint density at radius 1 is 1.33 bits per heavy atom. The average Bonchev–Trinajstić information content (AvgIpc) is 2.38. The fraction of sp³-hybridized carbons (Fsp3) is 0.714. The third-order valence-electron chi connectivity index (χ3n) is 3.72. The molecule has 0 spiro atoms. The average molecular weight is 249 g/mol. The maximum absolute atomic E-state index is 5.75. The van der Waals surface area contributed by atoms with Gasteiger partial charge in [-0.2, -0.15) is 0 Å². The van der Waals surface area contributed by atoms with Crippen molar-refractivity contribution < 1.29 is 4.74 Å². The Balaban J connectivity index is 2.29. The highest BCUT2D eigenvalue weighted by molar-refractivity contribution is 5.29. The second-order valence-corrected chi connectivity index (χ2v) is 5.22. The molecule has 2 N–H and O–H groups in total. The highest BCUT2D eigenvalue weighted by Crippen LogP contribution is 2.26. The molecule has 2 heterocycles. The minimum atomic E-state index is 0.321. The Morgan fingerprint density at radius 2 is 2.00 bits per heavy atom. The highest BCUT2D eigenvalue weighted by atomic mass is 16.5. The Morgan fingerprint density at radius 3 is 2.50 bits per heavy atom. The van der Waals surface area contributed by atoms with Crippen molar-refractivity contribution >= 4 is 0 Å². The molecule has 1 aromatic heterocycles. The van der Waals surface area contributed by atoms with Crippen molar-refractivity contribution in [3.8, 4) is 0 Å². The van der Waals surface area contributed by atoms with E-state index in [1.165, 1.54) is 5.56 Å². The lowest BCUT2D eigenvalue weighted by Gasteiger charge is -2.23. The van der Waals surface area contributed by atoms with Crippen molar-refractivity contribution in [1.82, 2.24) is 9.97 Å². The van der Waals surface area contributed by atoms with E-state index in [2.05, 4.69) is 30.7 Å². The number of nitrogens with two attached hydrogens (primary N) is 1. The summed E-state index contributed by atoms with van der Waals surface area (Å²) in [6.45, 7) is 8.51. The van der Waals surface area contributed by atoms with Crippen LogP contribution in [0, 0.1) is 13.8 Å². The van der Waals surface area contributed by atoms with Gasteiger partial charge in [-0.05, 0) is 44.7 Å². The van der Waals surface area contributed by atoms with Crippen LogP contribution in [0.3, 0.4) is 0 Å². The monoisotopic (exact) mass is 249 g/mol. The lowest BCUT2D eigenvalue weighted by molar-refractivity contribution is 0.0779. The summed E-state index contributed by atoms with van der Waals surface area (Å²) in [5.41, 5.74) is 9.09. The van der Waals surface area contributed by atoms with Crippen LogP contribution in [0.4, 0.5) is 0 Å². The van der Waals surface area contributed by atoms with Crippen LogP contribution < -0.4 is 5.73 Å². The number of ether oxygens (including phenoxy) is 1. The van der Waals surface area contributed by atoms with Gasteiger partial charge in [-0.15, -0.1) is 0 Å². The first-order valence-corrected chi connectivity index (χ1v) is 6.76. The lowest BCUT2D eigenvalue weighted by Crippen LogP contribution is -2.20. The van der Waals surface area contributed by atoms with E-state index in [1.54, 1.807) is 0 Å². The summed E-state index contributed by atoms with van der Waals surface area (Å²) in [6, 6.07) is 0. The van der Waals surface area contributed by atoms with Crippen molar-refractivity contribution in [2.24, 2.45) is 5.73 Å². The summed E-state index contributed by atoms with van der Waals surface area (Å²) < 4.78 is 5.52. The first-order chi connectivity index (χ1) is 8.63. The van der Waals surface area contributed by atoms with Gasteiger partial charge in [0.25, 0.3) is 0 Å². The molecule has 0 saturated carbocycles. The van der Waals surface area contributed by atoms with Crippen molar-refractivity contribution in [3.63, 3.8) is 0 Å². The Kier molecular flexibility index (Phi) is 4.30. The van der Waals surface area contributed by atoms with Crippen LogP contribution in [-0.2, 0) is 4.74 Å². The van der Waals surface area contributed by atoms with Gasteiger partial charge >= 0.3 is 0 Å². The molecule has 1 aliphatic heterocycles. The molecule has 0 bridgehead atoms. The molecule has 0 amide bonds. The molecule has 1 saturated heterocycles. The zero-order valence-corrected chi connectivity index (χ0v) is 11.6. The van der Waals surface area contributed by atoms with Crippen LogP contribution in [0.5, 0.6) is 0 Å². The molecule has 100 valence electrons. The Hall–Kier alpha value is -1.00. The Bertz CT molecular complexity index is 390. The quantitative estimate of drug-likeness (QED) is 0.890. The summed E-state index contributed by atoms with van der Waals surface area (Å²) in [7, 11) is 0. The summed E-state index contributed by atoms with van der Waals surface area (Å²) >= 11 is 0. The maximum Gasteiger partial charge on any atom is 0.134 e. The van der Waals surface area contributed by atoms with Gasteiger partial charge in [0.15, 0.2) is 0 Å². The van der Waals surface area contributed by atoms with Gasteiger partial charge in [0.2, 0.25) is 0 Å². The SMILES string of the molecule is Cc1nc(C2CCCOC2)nc(C)c1C(C)CN. The fourth-order valence-corrected chi connectivity index (χ4v) is 2.71. The molecule has 1 fully saturated rings. The van der Waals surface area contributed by atoms with Gasteiger partial charge in [0.1, 0.15) is 5.82 Å². The van der Waals surface area contributed by atoms with E-state index < -0.39 is 0 Å². The topological polar surface area (TPSA) is 61.0 Å². The molecule has 1 aliphatic rings. The van der Waals surface area contributed by atoms with Gasteiger partial charge in [0.05, 0.1) is 6.61 Å². The summed E-state index contributed by atoms with van der Waals surface area (Å²) in [5, 5.41) is 0. The summed E-state index contributed by atoms with van der Waals surface area (Å²) in [4.78, 5) is 9.36. The van der Waals surface area contributed by atoms with Crippen molar-refractivity contribution in [3.05, 3.63) is 22.8 Å². The van der Waals surface area contributed by atoms with Crippen LogP contribution >= 0.6 is 0 Å². The number of aryl methyl sites for hydroxylation is 2. The molecule has 0 aliphatic carbocycles. The predicted octanol–water partition coefficient (Wildman–Crippen LogP) is 2.05. The van der Waals surface area contributed by atoms with E-state index >= 15 is 0 Å². The first kappa shape index (κ1) is 13.4. The molecule has 0 radical (unpaired) electrons. The van der Waals surface area contributed by atoms with Crippen LogP contribution in [0.15, 0.2) is 0 Å². The predicted molar refractivity (Wildman–Crippen MR) is 71.8 cm³/mol. The summed E-state index contributed by atoms with van der Waals surface area (Å²) in [5.74, 6) is 1.62. The number of aromatic nitrogens is 2. The van der Waals surface area contributed by atoms with Crippen LogP contribution in [0.1, 0.15) is 54.4 Å². The number of hydrogen-bond acceptors (Lipinski definition) is 4. The molecule has 1 aromatic rings. The van der Waals surface area contributed by atoms with E-state index in [-0.39, 0.29) is 0 Å². The van der Waals surface area contributed by atoms with Crippen molar-refractivity contribution in [2.45, 2.75) is 45.4 Å². The molecule has 4 heteroatoms. The van der Waals surface area contributed by atoms with Gasteiger partial charge in [-0.3, -0.25) is 0 Å².